The van der Waals surface area contributed by atoms with Crippen LogP contribution in [-0.4, -0.2) is 23.8 Å². The minimum absolute atomic E-state index is 0.0288. The summed E-state index contributed by atoms with van der Waals surface area (Å²) in [6, 6.07) is 4.39. The molecule has 3 N–H and O–H groups in total. The van der Waals surface area contributed by atoms with Gasteiger partial charge in [0, 0.05) is 17.7 Å². The van der Waals surface area contributed by atoms with Crippen LogP contribution in [0.3, 0.4) is 0 Å². The van der Waals surface area contributed by atoms with Crippen LogP contribution >= 0.6 is 23.2 Å². The highest BCUT2D eigenvalue weighted by atomic mass is 35.5. The van der Waals surface area contributed by atoms with Gasteiger partial charge in [-0.05, 0) is 30.5 Å². The topological polar surface area (TPSA) is 61.4 Å². The van der Waals surface area contributed by atoms with Crippen molar-refractivity contribution < 1.29 is 9.90 Å². The first kappa shape index (κ1) is 16.1. The van der Waals surface area contributed by atoms with Gasteiger partial charge in [0.2, 0.25) is 0 Å². The normalized spacial score (nSPS) is 12.3. The van der Waals surface area contributed by atoms with Gasteiger partial charge in [-0.3, -0.25) is 0 Å². The Labute approximate surface area is 123 Å². The average Bonchev–Trinajstić information content (AvgIpc) is 2.33. The second-order valence-electron chi connectivity index (χ2n) is 4.59. The smallest absolute Gasteiger partial charge is 0.319 e. The van der Waals surface area contributed by atoms with Crippen molar-refractivity contribution in [2.24, 2.45) is 5.92 Å². The van der Waals surface area contributed by atoms with Crippen molar-refractivity contribution in [3.05, 3.63) is 28.2 Å². The molecule has 1 aromatic rings. The number of hydrogen-bond acceptors (Lipinski definition) is 2. The summed E-state index contributed by atoms with van der Waals surface area (Å²) in [5.74, 6) is 0.229. The number of aliphatic hydroxyl groups is 1. The molecule has 106 valence electrons. The number of carbonyl (C=O) groups excluding carboxylic acids is 1. The van der Waals surface area contributed by atoms with Crippen LogP contribution in [0.5, 0.6) is 0 Å². The van der Waals surface area contributed by atoms with E-state index in [9.17, 15) is 4.79 Å². The van der Waals surface area contributed by atoms with Gasteiger partial charge in [-0.2, -0.15) is 0 Å². The number of hydrogen-bond donors (Lipinski definition) is 3. The lowest BCUT2D eigenvalue weighted by Gasteiger charge is -2.21. The maximum absolute atomic E-state index is 11.9. The molecule has 0 saturated carbocycles. The van der Waals surface area contributed by atoms with Gasteiger partial charge in [-0.15, -0.1) is 0 Å². The Kier molecular flexibility index (Phi) is 6.42. The molecule has 1 aromatic carbocycles. The lowest BCUT2D eigenvalue weighted by atomic mass is 10.0. The molecule has 0 fully saturated rings. The van der Waals surface area contributed by atoms with E-state index in [4.69, 9.17) is 28.3 Å². The van der Waals surface area contributed by atoms with E-state index >= 15 is 0 Å². The zero-order valence-electron chi connectivity index (χ0n) is 10.9. The number of nitrogens with one attached hydrogen (secondary N) is 2. The number of halogens is 2. The number of rotatable bonds is 5. The Hall–Kier alpha value is -0.970. The van der Waals surface area contributed by atoms with Crippen LogP contribution in [0.2, 0.25) is 10.0 Å². The van der Waals surface area contributed by atoms with Gasteiger partial charge in [0.25, 0.3) is 0 Å². The fraction of sp³-hybridized carbons (Fsp3) is 0.462. The van der Waals surface area contributed by atoms with Gasteiger partial charge in [-0.1, -0.05) is 37.0 Å². The van der Waals surface area contributed by atoms with E-state index in [1.807, 2.05) is 13.8 Å². The highest BCUT2D eigenvalue weighted by molar-refractivity contribution is 6.35. The fourth-order valence-electron chi connectivity index (χ4n) is 1.63. The predicted octanol–water partition coefficient (Wildman–Crippen LogP) is 3.52. The molecule has 1 unspecified atom stereocenters. The monoisotopic (exact) mass is 304 g/mol. The van der Waals surface area contributed by atoms with E-state index in [2.05, 4.69) is 10.6 Å². The van der Waals surface area contributed by atoms with Crippen LogP contribution in [-0.2, 0) is 0 Å². The molecule has 0 aliphatic heterocycles. The predicted molar refractivity (Wildman–Crippen MR) is 78.9 cm³/mol. The van der Waals surface area contributed by atoms with Crippen molar-refractivity contribution in [3.63, 3.8) is 0 Å². The van der Waals surface area contributed by atoms with Crippen LogP contribution in [0, 0.1) is 5.92 Å². The average molecular weight is 305 g/mol. The molecule has 0 radical (unpaired) electrons. The maximum atomic E-state index is 11.9. The molecular weight excluding hydrogens is 287 g/mol. The van der Waals surface area contributed by atoms with Gasteiger partial charge in [0.15, 0.2) is 0 Å². The second kappa shape index (κ2) is 7.58. The molecule has 19 heavy (non-hydrogen) atoms. The standard InChI is InChI=1S/C13H18Cl2N2O2/c1-8(2)11(5-6-18)16-13(19)17-12-7-9(14)3-4-10(12)15/h3-4,7-8,11,18H,5-6H2,1-2H3,(H2,16,17,19). The third-order valence-electron chi connectivity index (χ3n) is 2.74. The molecule has 1 rings (SSSR count). The molecule has 1 atom stereocenters. The van der Waals surface area contributed by atoms with Gasteiger partial charge in [0.05, 0.1) is 10.7 Å². The number of anilines is 1. The van der Waals surface area contributed by atoms with E-state index in [0.717, 1.165) is 0 Å². The third-order valence-corrected chi connectivity index (χ3v) is 3.30. The quantitative estimate of drug-likeness (QED) is 0.779. The van der Waals surface area contributed by atoms with Gasteiger partial charge in [0.1, 0.15) is 0 Å². The molecule has 0 saturated heterocycles. The Bertz CT molecular complexity index is 439. The summed E-state index contributed by atoms with van der Waals surface area (Å²) in [5.41, 5.74) is 0.457. The summed E-state index contributed by atoms with van der Waals surface area (Å²) in [5, 5.41) is 15.3. The molecule has 6 heteroatoms. The molecule has 0 aliphatic carbocycles. The molecule has 0 spiro atoms. The third kappa shape index (κ3) is 5.27. The van der Waals surface area contributed by atoms with E-state index in [1.165, 1.54) is 0 Å². The van der Waals surface area contributed by atoms with Gasteiger partial charge >= 0.3 is 6.03 Å². The molecule has 0 aromatic heterocycles. The lowest BCUT2D eigenvalue weighted by Crippen LogP contribution is -2.41. The number of carbonyl (C=O) groups is 1. The molecular formula is C13H18Cl2N2O2. The van der Waals surface area contributed by atoms with Crippen molar-refractivity contribution >= 4 is 34.9 Å². The van der Waals surface area contributed by atoms with E-state index in [1.54, 1.807) is 18.2 Å². The number of amides is 2. The SMILES string of the molecule is CC(C)C(CCO)NC(=O)Nc1cc(Cl)ccc1Cl. The largest absolute Gasteiger partial charge is 0.396 e. The zero-order valence-corrected chi connectivity index (χ0v) is 12.4. The minimum atomic E-state index is -0.365. The maximum Gasteiger partial charge on any atom is 0.319 e. The summed E-state index contributed by atoms with van der Waals surface area (Å²) in [6.45, 7) is 3.99. The lowest BCUT2D eigenvalue weighted by molar-refractivity contribution is 0.227. The number of benzene rings is 1. The van der Waals surface area contributed by atoms with Crippen LogP contribution in [0.4, 0.5) is 10.5 Å². The Morgan fingerprint density at radius 2 is 2.05 bits per heavy atom. The van der Waals surface area contributed by atoms with Crippen LogP contribution in [0.25, 0.3) is 0 Å². The molecule has 0 heterocycles. The summed E-state index contributed by atoms with van der Waals surface area (Å²) in [4.78, 5) is 11.9. The molecule has 0 aliphatic rings. The second-order valence-corrected chi connectivity index (χ2v) is 5.43. The van der Waals surface area contributed by atoms with E-state index < -0.39 is 0 Å². The summed E-state index contributed by atoms with van der Waals surface area (Å²) < 4.78 is 0. The first-order chi connectivity index (χ1) is 8.93. The van der Waals surface area contributed by atoms with Crippen molar-refractivity contribution in [3.8, 4) is 0 Å². The Balaban J connectivity index is 2.66. The van der Waals surface area contributed by atoms with Gasteiger partial charge < -0.3 is 15.7 Å². The van der Waals surface area contributed by atoms with Gasteiger partial charge in [-0.25, -0.2) is 4.79 Å². The Morgan fingerprint density at radius 3 is 2.63 bits per heavy atom. The summed E-state index contributed by atoms with van der Waals surface area (Å²) in [7, 11) is 0. The highest BCUT2D eigenvalue weighted by Crippen LogP contribution is 2.25. The highest BCUT2D eigenvalue weighted by Gasteiger charge is 2.16. The fourth-order valence-corrected chi connectivity index (χ4v) is 1.97. The molecule has 0 bridgehead atoms. The van der Waals surface area contributed by atoms with Crippen molar-refractivity contribution in [1.29, 1.82) is 0 Å². The molecule has 4 nitrogen and oxygen atoms in total. The van der Waals surface area contributed by atoms with Crippen molar-refractivity contribution in [2.75, 3.05) is 11.9 Å². The first-order valence-corrected chi connectivity index (χ1v) is 6.83. The van der Waals surface area contributed by atoms with Crippen LogP contribution < -0.4 is 10.6 Å². The minimum Gasteiger partial charge on any atom is -0.396 e. The van der Waals surface area contributed by atoms with Crippen LogP contribution in [0.15, 0.2) is 18.2 Å². The van der Waals surface area contributed by atoms with Crippen molar-refractivity contribution in [2.45, 2.75) is 26.3 Å². The Morgan fingerprint density at radius 1 is 1.37 bits per heavy atom. The zero-order chi connectivity index (χ0) is 14.4. The van der Waals surface area contributed by atoms with E-state index in [-0.39, 0.29) is 24.6 Å². The number of aliphatic hydroxyl groups excluding tert-OH is 1. The summed E-state index contributed by atoms with van der Waals surface area (Å²) in [6.07, 6.45) is 0.508. The number of urea groups is 1. The summed E-state index contributed by atoms with van der Waals surface area (Å²) >= 11 is 11.8. The molecule has 2 amide bonds. The van der Waals surface area contributed by atoms with E-state index in [0.29, 0.717) is 22.2 Å². The van der Waals surface area contributed by atoms with Crippen molar-refractivity contribution in [1.82, 2.24) is 5.32 Å². The first-order valence-electron chi connectivity index (χ1n) is 6.07. The van der Waals surface area contributed by atoms with Crippen LogP contribution in [0.1, 0.15) is 20.3 Å².